The van der Waals surface area contributed by atoms with Crippen molar-refractivity contribution in [2.45, 2.75) is 38.8 Å². The van der Waals surface area contributed by atoms with Crippen LogP contribution in [0.15, 0.2) is 18.2 Å². The second-order valence-corrected chi connectivity index (χ2v) is 4.52. The monoisotopic (exact) mass is 268 g/mol. The van der Waals surface area contributed by atoms with Crippen molar-refractivity contribution in [1.82, 2.24) is 5.32 Å². The van der Waals surface area contributed by atoms with Gasteiger partial charge in [-0.15, -0.1) is 0 Å². The van der Waals surface area contributed by atoms with Gasteiger partial charge >= 0.3 is 0 Å². The third kappa shape index (κ3) is 4.21. The standard InChI is InChI=1S/C14H21FN2O2/c1-4-5-12(16)14(18)17-9(2)10-6-7-13(19-3)11(15)8-10/h6-9,12H,4-5,16H2,1-3H3,(H,17,18)/t9?,12-/m0/s1. The Hall–Kier alpha value is -1.62. The zero-order valence-corrected chi connectivity index (χ0v) is 11.6. The second-order valence-electron chi connectivity index (χ2n) is 4.52. The van der Waals surface area contributed by atoms with Crippen LogP contribution in [0, 0.1) is 5.82 Å². The van der Waals surface area contributed by atoms with E-state index in [0.29, 0.717) is 12.0 Å². The molecule has 4 nitrogen and oxygen atoms in total. The minimum atomic E-state index is -0.518. The maximum Gasteiger partial charge on any atom is 0.237 e. The molecule has 0 bridgehead atoms. The van der Waals surface area contributed by atoms with Crippen molar-refractivity contribution in [2.24, 2.45) is 5.73 Å². The molecular weight excluding hydrogens is 247 g/mol. The lowest BCUT2D eigenvalue weighted by Crippen LogP contribution is -2.41. The lowest BCUT2D eigenvalue weighted by molar-refractivity contribution is -0.123. The van der Waals surface area contributed by atoms with Gasteiger partial charge in [-0.05, 0) is 31.0 Å². The van der Waals surface area contributed by atoms with Crippen molar-refractivity contribution in [3.63, 3.8) is 0 Å². The molecule has 0 saturated carbocycles. The van der Waals surface area contributed by atoms with Crippen LogP contribution in [-0.4, -0.2) is 19.1 Å². The normalized spacial score (nSPS) is 13.7. The molecule has 0 aliphatic carbocycles. The molecule has 0 aromatic heterocycles. The van der Waals surface area contributed by atoms with Gasteiger partial charge in [-0.1, -0.05) is 19.4 Å². The molecule has 1 amide bonds. The molecule has 1 aromatic carbocycles. The summed E-state index contributed by atoms with van der Waals surface area (Å²) in [5, 5.41) is 2.77. The van der Waals surface area contributed by atoms with Crippen LogP contribution in [-0.2, 0) is 4.79 Å². The topological polar surface area (TPSA) is 64.4 Å². The Bertz CT molecular complexity index is 437. The summed E-state index contributed by atoms with van der Waals surface area (Å²) in [7, 11) is 1.41. The second kappa shape index (κ2) is 7.09. The molecule has 1 rings (SSSR count). The van der Waals surface area contributed by atoms with Gasteiger partial charge in [0.2, 0.25) is 5.91 Å². The van der Waals surface area contributed by atoms with Crippen LogP contribution in [0.5, 0.6) is 5.75 Å². The lowest BCUT2D eigenvalue weighted by Gasteiger charge is -2.18. The van der Waals surface area contributed by atoms with Crippen LogP contribution in [0.1, 0.15) is 38.3 Å². The average molecular weight is 268 g/mol. The molecule has 0 fully saturated rings. The summed E-state index contributed by atoms with van der Waals surface area (Å²) in [6.07, 6.45) is 1.48. The zero-order valence-electron chi connectivity index (χ0n) is 11.6. The summed E-state index contributed by atoms with van der Waals surface area (Å²) < 4.78 is 18.4. The van der Waals surface area contributed by atoms with E-state index in [9.17, 15) is 9.18 Å². The number of nitrogens with two attached hydrogens (primary N) is 1. The highest BCUT2D eigenvalue weighted by atomic mass is 19.1. The third-order valence-corrected chi connectivity index (χ3v) is 2.97. The van der Waals surface area contributed by atoms with Crippen molar-refractivity contribution in [2.75, 3.05) is 7.11 Å². The molecule has 0 heterocycles. The Kier molecular flexibility index (Phi) is 5.76. The molecule has 5 heteroatoms. The number of benzene rings is 1. The van der Waals surface area contributed by atoms with Gasteiger partial charge in [-0.25, -0.2) is 4.39 Å². The van der Waals surface area contributed by atoms with Crippen molar-refractivity contribution in [1.29, 1.82) is 0 Å². The van der Waals surface area contributed by atoms with E-state index in [1.165, 1.54) is 13.2 Å². The Balaban J connectivity index is 2.70. The number of carbonyl (C=O) groups excluding carboxylic acids is 1. The molecule has 1 aromatic rings. The number of methoxy groups -OCH3 is 1. The highest BCUT2D eigenvalue weighted by Crippen LogP contribution is 2.21. The van der Waals surface area contributed by atoms with Gasteiger partial charge in [0.15, 0.2) is 11.6 Å². The van der Waals surface area contributed by atoms with Gasteiger partial charge < -0.3 is 15.8 Å². The molecule has 1 unspecified atom stereocenters. The summed E-state index contributed by atoms with van der Waals surface area (Å²) >= 11 is 0. The van der Waals surface area contributed by atoms with E-state index in [2.05, 4.69) is 5.32 Å². The summed E-state index contributed by atoms with van der Waals surface area (Å²) in [6, 6.07) is 3.80. The van der Waals surface area contributed by atoms with E-state index in [1.54, 1.807) is 19.1 Å². The first-order valence-electron chi connectivity index (χ1n) is 6.39. The van der Waals surface area contributed by atoms with Crippen molar-refractivity contribution >= 4 is 5.91 Å². The third-order valence-electron chi connectivity index (χ3n) is 2.97. The Morgan fingerprint density at radius 1 is 1.53 bits per heavy atom. The van der Waals surface area contributed by atoms with Crippen LogP contribution >= 0.6 is 0 Å². The molecule has 0 radical (unpaired) electrons. The lowest BCUT2D eigenvalue weighted by atomic mass is 10.1. The van der Waals surface area contributed by atoms with E-state index >= 15 is 0 Å². The molecule has 3 N–H and O–H groups in total. The quantitative estimate of drug-likeness (QED) is 0.830. The van der Waals surface area contributed by atoms with Crippen LogP contribution in [0.4, 0.5) is 4.39 Å². The highest BCUT2D eigenvalue weighted by molar-refractivity contribution is 5.81. The van der Waals surface area contributed by atoms with Gasteiger partial charge in [0, 0.05) is 0 Å². The largest absolute Gasteiger partial charge is 0.494 e. The Labute approximate surface area is 113 Å². The maximum atomic E-state index is 13.6. The molecule has 106 valence electrons. The smallest absolute Gasteiger partial charge is 0.237 e. The molecular formula is C14H21FN2O2. The number of amides is 1. The van der Waals surface area contributed by atoms with Gasteiger partial charge in [-0.2, -0.15) is 0 Å². The van der Waals surface area contributed by atoms with E-state index < -0.39 is 11.9 Å². The molecule has 2 atom stereocenters. The molecule has 0 spiro atoms. The number of nitrogens with one attached hydrogen (secondary N) is 1. The van der Waals surface area contributed by atoms with Gasteiger partial charge in [-0.3, -0.25) is 4.79 Å². The predicted molar refractivity (Wildman–Crippen MR) is 72.4 cm³/mol. The van der Waals surface area contributed by atoms with Crippen molar-refractivity contribution < 1.29 is 13.9 Å². The van der Waals surface area contributed by atoms with Crippen molar-refractivity contribution in [3.05, 3.63) is 29.6 Å². The van der Waals surface area contributed by atoms with E-state index in [1.807, 2.05) is 6.92 Å². The van der Waals surface area contributed by atoms with Crippen LogP contribution in [0.25, 0.3) is 0 Å². The first-order chi connectivity index (χ1) is 8.99. The summed E-state index contributed by atoms with van der Waals surface area (Å²) in [5.74, 6) is -0.477. The van der Waals surface area contributed by atoms with Gasteiger partial charge in [0.25, 0.3) is 0 Å². The molecule has 0 aliphatic heterocycles. The molecule has 19 heavy (non-hydrogen) atoms. The number of halogens is 1. The minimum absolute atomic E-state index is 0.185. The number of carbonyl (C=O) groups is 1. The van der Waals surface area contributed by atoms with E-state index in [0.717, 1.165) is 6.42 Å². The maximum absolute atomic E-state index is 13.6. The summed E-state index contributed by atoms with van der Waals surface area (Å²) in [4.78, 5) is 11.8. The number of ether oxygens (including phenoxy) is 1. The van der Waals surface area contributed by atoms with Crippen LogP contribution in [0.2, 0.25) is 0 Å². The van der Waals surface area contributed by atoms with Gasteiger partial charge in [0.1, 0.15) is 0 Å². The first-order valence-corrected chi connectivity index (χ1v) is 6.39. The summed E-state index contributed by atoms with van der Waals surface area (Å²) in [6.45, 7) is 3.76. The molecule has 0 saturated heterocycles. The fourth-order valence-electron chi connectivity index (χ4n) is 1.80. The van der Waals surface area contributed by atoms with Crippen molar-refractivity contribution in [3.8, 4) is 5.75 Å². The number of hydrogen-bond acceptors (Lipinski definition) is 3. The highest BCUT2D eigenvalue weighted by Gasteiger charge is 2.16. The first kappa shape index (κ1) is 15.4. The minimum Gasteiger partial charge on any atom is -0.494 e. The van der Waals surface area contributed by atoms with Gasteiger partial charge in [0.05, 0.1) is 19.2 Å². The average Bonchev–Trinajstić information content (AvgIpc) is 2.38. The SMILES string of the molecule is CCC[C@H](N)C(=O)NC(C)c1ccc(OC)c(F)c1. The Morgan fingerprint density at radius 3 is 2.74 bits per heavy atom. The summed E-state index contributed by atoms with van der Waals surface area (Å²) in [5.41, 5.74) is 6.40. The molecule has 0 aliphatic rings. The predicted octanol–water partition coefficient (Wildman–Crippen LogP) is 2.14. The zero-order chi connectivity index (χ0) is 14.4. The fourth-order valence-corrected chi connectivity index (χ4v) is 1.80. The fraction of sp³-hybridized carbons (Fsp3) is 0.500. The van der Waals surface area contributed by atoms with E-state index in [4.69, 9.17) is 10.5 Å². The number of hydrogen-bond donors (Lipinski definition) is 2. The van der Waals surface area contributed by atoms with E-state index in [-0.39, 0.29) is 17.7 Å². The van der Waals surface area contributed by atoms with Crippen LogP contribution in [0.3, 0.4) is 0 Å². The van der Waals surface area contributed by atoms with Crippen LogP contribution < -0.4 is 15.8 Å². The Morgan fingerprint density at radius 2 is 2.21 bits per heavy atom. The number of rotatable bonds is 6.